The van der Waals surface area contributed by atoms with Crippen LogP contribution in [0.4, 0.5) is 0 Å². The number of amides is 1. The van der Waals surface area contributed by atoms with Crippen LogP contribution in [0.3, 0.4) is 0 Å². The van der Waals surface area contributed by atoms with Crippen molar-refractivity contribution in [2.45, 2.75) is 64.0 Å². The van der Waals surface area contributed by atoms with Crippen LogP contribution >= 0.6 is 0 Å². The summed E-state index contributed by atoms with van der Waals surface area (Å²) in [6.07, 6.45) is 4.99. The van der Waals surface area contributed by atoms with Gasteiger partial charge in [0.2, 0.25) is 5.91 Å². The van der Waals surface area contributed by atoms with E-state index >= 15 is 0 Å². The molecule has 1 aromatic carbocycles. The van der Waals surface area contributed by atoms with Crippen molar-refractivity contribution >= 4 is 11.9 Å². The Balaban J connectivity index is 1.57. The van der Waals surface area contributed by atoms with Gasteiger partial charge in [-0.3, -0.25) is 19.1 Å². The van der Waals surface area contributed by atoms with Crippen LogP contribution < -0.4 is 4.74 Å². The molecule has 1 unspecified atom stereocenters. The molecule has 3 atom stereocenters. The second kappa shape index (κ2) is 14.1. The van der Waals surface area contributed by atoms with Crippen molar-refractivity contribution in [1.29, 1.82) is 0 Å². The highest BCUT2D eigenvalue weighted by molar-refractivity contribution is 5.79. The number of ether oxygens (including phenoxy) is 1. The number of likely N-dealkylation sites (tertiary alicyclic amines) is 1. The lowest BCUT2D eigenvalue weighted by atomic mass is 9.83. The van der Waals surface area contributed by atoms with Crippen LogP contribution in [-0.4, -0.2) is 106 Å². The van der Waals surface area contributed by atoms with E-state index in [1.807, 2.05) is 36.0 Å². The van der Waals surface area contributed by atoms with Gasteiger partial charge in [-0.1, -0.05) is 25.5 Å². The summed E-state index contributed by atoms with van der Waals surface area (Å²) in [6.45, 7) is 5.90. The third kappa shape index (κ3) is 7.54. The van der Waals surface area contributed by atoms with E-state index in [-0.39, 0.29) is 36.7 Å². The summed E-state index contributed by atoms with van der Waals surface area (Å²) in [5.74, 6) is -1.23. The maximum atomic E-state index is 13.7. The number of nitrogens with zero attached hydrogens (tertiary/aromatic N) is 4. The second-order valence-electron chi connectivity index (χ2n) is 11.7. The number of carboxylic acid groups (broad SMARTS) is 1. The average Bonchev–Trinajstić information content (AvgIpc) is 3.63. The molecular weight excluding hydrogens is 524 g/mol. The lowest BCUT2D eigenvalue weighted by Gasteiger charge is -2.30. The van der Waals surface area contributed by atoms with Crippen molar-refractivity contribution in [3.63, 3.8) is 0 Å². The van der Waals surface area contributed by atoms with Crippen LogP contribution in [0, 0.1) is 5.92 Å². The van der Waals surface area contributed by atoms with Gasteiger partial charge in [0.05, 0.1) is 19.1 Å². The van der Waals surface area contributed by atoms with E-state index in [4.69, 9.17) is 4.74 Å². The van der Waals surface area contributed by atoms with Crippen molar-refractivity contribution in [3.8, 4) is 17.5 Å². The van der Waals surface area contributed by atoms with Gasteiger partial charge in [0, 0.05) is 56.7 Å². The van der Waals surface area contributed by atoms with Crippen LogP contribution in [0.2, 0.25) is 0 Å². The first kappa shape index (κ1) is 30.7. The highest BCUT2D eigenvalue weighted by Gasteiger charge is 2.47. The molecule has 0 saturated carbocycles. The summed E-state index contributed by atoms with van der Waals surface area (Å²) >= 11 is 0. The number of aromatic nitrogens is 1. The standard InChI is InChI=1S/C31H46N4O6/c1-4-5-15-33(16-7-6-14-32(2)3)29(38)21-34-20-24(22-8-9-26-23(19-22)13-18-41-26)30(31(39)40)25(34)12-17-35-27(36)10-11-28(35)37/h8-11,19,24-25,30,36-37H,4-7,12-18,20-21H2,1-3H3,(H,39,40)/t24-,25+,30?/m1/s1. The maximum absolute atomic E-state index is 13.7. The molecule has 3 N–H and O–H groups in total. The number of fused-ring (bicyclic) bond motifs is 1. The Morgan fingerprint density at radius 1 is 1.02 bits per heavy atom. The summed E-state index contributed by atoms with van der Waals surface area (Å²) in [4.78, 5) is 32.6. The Morgan fingerprint density at radius 3 is 2.41 bits per heavy atom. The largest absolute Gasteiger partial charge is 0.494 e. The van der Waals surface area contributed by atoms with Gasteiger partial charge in [-0.05, 0) is 63.5 Å². The van der Waals surface area contributed by atoms with Gasteiger partial charge in [0.15, 0.2) is 11.8 Å². The summed E-state index contributed by atoms with van der Waals surface area (Å²) < 4.78 is 7.04. The number of hydrogen-bond donors (Lipinski definition) is 3. The van der Waals surface area contributed by atoms with E-state index in [2.05, 4.69) is 17.9 Å². The van der Waals surface area contributed by atoms with Gasteiger partial charge in [-0.15, -0.1) is 0 Å². The number of benzene rings is 1. The molecule has 0 spiro atoms. The molecule has 3 heterocycles. The van der Waals surface area contributed by atoms with E-state index in [9.17, 15) is 24.9 Å². The fraction of sp³-hybridized carbons (Fsp3) is 0.613. The molecule has 2 aliphatic heterocycles. The monoisotopic (exact) mass is 570 g/mol. The predicted octanol–water partition coefficient (Wildman–Crippen LogP) is 3.36. The molecule has 1 fully saturated rings. The van der Waals surface area contributed by atoms with Crippen molar-refractivity contribution in [2.24, 2.45) is 5.92 Å². The Labute approximate surface area is 243 Å². The first-order valence-corrected chi connectivity index (χ1v) is 14.9. The third-order valence-corrected chi connectivity index (χ3v) is 8.51. The number of unbranched alkanes of at least 4 members (excludes halogenated alkanes) is 2. The Morgan fingerprint density at radius 2 is 1.73 bits per heavy atom. The van der Waals surface area contributed by atoms with Crippen LogP contribution in [-0.2, 0) is 22.6 Å². The number of hydrogen-bond acceptors (Lipinski definition) is 7. The number of rotatable bonds is 15. The maximum Gasteiger partial charge on any atom is 0.308 e. The lowest BCUT2D eigenvalue weighted by molar-refractivity contribution is -0.144. The molecule has 4 rings (SSSR count). The van der Waals surface area contributed by atoms with Crippen molar-refractivity contribution < 1.29 is 29.6 Å². The molecule has 41 heavy (non-hydrogen) atoms. The number of carbonyl (C=O) groups excluding carboxylic acids is 1. The zero-order chi connectivity index (χ0) is 29.5. The Kier molecular flexibility index (Phi) is 10.6. The minimum atomic E-state index is -0.904. The van der Waals surface area contributed by atoms with E-state index in [1.165, 1.54) is 16.7 Å². The van der Waals surface area contributed by atoms with Crippen molar-refractivity contribution in [1.82, 2.24) is 19.3 Å². The highest BCUT2D eigenvalue weighted by Crippen LogP contribution is 2.41. The SMILES string of the molecule is CCCCN(CCCCN(C)C)C(=O)CN1C[C@H](c2ccc3c(c2)CCO3)C(C(=O)O)[C@@H]1CCn1c(O)ccc1O. The highest BCUT2D eigenvalue weighted by atomic mass is 16.5. The molecule has 226 valence electrons. The summed E-state index contributed by atoms with van der Waals surface area (Å²) in [5.41, 5.74) is 2.03. The number of carboxylic acids is 1. The second-order valence-corrected chi connectivity index (χ2v) is 11.7. The van der Waals surface area contributed by atoms with E-state index in [0.29, 0.717) is 32.7 Å². The number of aromatic hydroxyl groups is 2. The van der Waals surface area contributed by atoms with E-state index < -0.39 is 17.9 Å². The molecule has 0 radical (unpaired) electrons. The average molecular weight is 571 g/mol. The van der Waals surface area contributed by atoms with Crippen molar-refractivity contribution in [3.05, 3.63) is 41.5 Å². The zero-order valence-corrected chi connectivity index (χ0v) is 24.7. The van der Waals surface area contributed by atoms with Crippen LogP contribution in [0.25, 0.3) is 0 Å². The van der Waals surface area contributed by atoms with Gasteiger partial charge >= 0.3 is 5.97 Å². The van der Waals surface area contributed by atoms with Crippen LogP contribution in [0.5, 0.6) is 17.5 Å². The van der Waals surface area contributed by atoms with Gasteiger partial charge in [-0.2, -0.15) is 0 Å². The Hall–Kier alpha value is -3.24. The minimum Gasteiger partial charge on any atom is -0.494 e. The molecule has 1 amide bonds. The third-order valence-electron chi connectivity index (χ3n) is 8.51. The van der Waals surface area contributed by atoms with Crippen LogP contribution in [0.15, 0.2) is 30.3 Å². The summed E-state index contributed by atoms with van der Waals surface area (Å²) in [7, 11) is 4.09. The molecule has 0 aliphatic carbocycles. The van der Waals surface area contributed by atoms with Gasteiger partial charge < -0.3 is 29.9 Å². The first-order chi connectivity index (χ1) is 19.7. The van der Waals surface area contributed by atoms with Crippen molar-refractivity contribution in [2.75, 3.05) is 53.4 Å². The number of aliphatic carboxylic acids is 1. The Bertz CT molecular complexity index is 1160. The number of carbonyl (C=O) groups is 2. The normalized spacial score (nSPS) is 20.3. The molecule has 0 bridgehead atoms. The summed E-state index contributed by atoms with van der Waals surface area (Å²) in [5, 5.41) is 30.9. The van der Waals surface area contributed by atoms with Gasteiger partial charge in [0.1, 0.15) is 5.75 Å². The molecule has 2 aromatic rings. The molecule has 10 heteroatoms. The topological polar surface area (TPSA) is 119 Å². The van der Waals surface area contributed by atoms with E-state index in [0.717, 1.165) is 55.5 Å². The van der Waals surface area contributed by atoms with Gasteiger partial charge in [-0.25, -0.2) is 0 Å². The molecule has 2 aliphatic rings. The van der Waals surface area contributed by atoms with Crippen LogP contribution in [0.1, 0.15) is 56.1 Å². The first-order valence-electron chi connectivity index (χ1n) is 14.9. The quantitative estimate of drug-likeness (QED) is 0.279. The lowest BCUT2D eigenvalue weighted by Crippen LogP contribution is -2.45. The molecular formula is C31H46N4O6. The molecule has 1 aromatic heterocycles. The smallest absolute Gasteiger partial charge is 0.308 e. The predicted molar refractivity (Wildman–Crippen MR) is 157 cm³/mol. The molecule has 10 nitrogen and oxygen atoms in total. The minimum absolute atomic E-state index is 0.0205. The fourth-order valence-electron chi connectivity index (χ4n) is 6.28. The van der Waals surface area contributed by atoms with E-state index in [1.54, 1.807) is 0 Å². The summed E-state index contributed by atoms with van der Waals surface area (Å²) in [6, 6.07) is 8.32. The zero-order valence-electron chi connectivity index (χ0n) is 24.7. The molecule has 1 saturated heterocycles. The fourth-order valence-corrected chi connectivity index (χ4v) is 6.28. The van der Waals surface area contributed by atoms with Gasteiger partial charge in [0.25, 0.3) is 0 Å².